The van der Waals surface area contributed by atoms with E-state index in [1.165, 1.54) is 44.2 Å². The van der Waals surface area contributed by atoms with Gasteiger partial charge in [0, 0.05) is 30.7 Å². The predicted octanol–water partition coefficient (Wildman–Crippen LogP) is 3.96. The van der Waals surface area contributed by atoms with Gasteiger partial charge in [-0.2, -0.15) is 18.2 Å². The summed E-state index contributed by atoms with van der Waals surface area (Å²) in [4.78, 5) is 11.7. The standard InChI is InChI=1S/C16H25NO3.C7H8O3S/c17-14-1-3-15(4-2-14)18-16(20-19-15)12-6-10-5-11(8-12)9-13(16)7-10;1-6-2-4-7(5-3-6)11(8,9)10/h10-14H,1-9,17H2;2-5H,1H3,(H,8,9,10). The van der Waals surface area contributed by atoms with Crippen molar-refractivity contribution in [1.29, 1.82) is 0 Å². The van der Waals surface area contributed by atoms with Crippen molar-refractivity contribution in [2.75, 3.05) is 0 Å². The number of benzene rings is 1. The van der Waals surface area contributed by atoms with Crippen LogP contribution in [0.3, 0.4) is 0 Å². The van der Waals surface area contributed by atoms with Gasteiger partial charge in [-0.1, -0.05) is 17.7 Å². The van der Waals surface area contributed by atoms with Gasteiger partial charge in [-0.05, 0) is 75.8 Å². The van der Waals surface area contributed by atoms with Crippen LogP contribution in [-0.4, -0.2) is 30.6 Å². The van der Waals surface area contributed by atoms with E-state index < -0.39 is 21.7 Å². The predicted molar refractivity (Wildman–Crippen MR) is 113 cm³/mol. The molecule has 7 nitrogen and oxygen atoms in total. The van der Waals surface area contributed by atoms with E-state index in [1.54, 1.807) is 12.1 Å². The molecule has 0 aromatic heterocycles. The van der Waals surface area contributed by atoms with Gasteiger partial charge in [0.05, 0.1) is 4.90 Å². The normalized spacial score (nSPS) is 43.3. The summed E-state index contributed by atoms with van der Waals surface area (Å²) < 4.78 is 36.2. The van der Waals surface area contributed by atoms with Gasteiger partial charge in [-0.15, -0.1) is 0 Å². The Labute approximate surface area is 184 Å². The van der Waals surface area contributed by atoms with E-state index in [9.17, 15) is 8.42 Å². The highest BCUT2D eigenvalue weighted by molar-refractivity contribution is 7.85. The molecule has 0 radical (unpaired) electrons. The summed E-state index contributed by atoms with van der Waals surface area (Å²) >= 11 is 0. The molecule has 8 heteroatoms. The summed E-state index contributed by atoms with van der Waals surface area (Å²) in [6.45, 7) is 1.84. The lowest BCUT2D eigenvalue weighted by atomic mass is 9.53. The van der Waals surface area contributed by atoms with Crippen LogP contribution in [0.25, 0.3) is 0 Å². The van der Waals surface area contributed by atoms with Gasteiger partial charge in [-0.3, -0.25) is 4.55 Å². The topological polar surface area (TPSA) is 108 Å². The number of aryl methyl sites for hydroxylation is 1. The van der Waals surface area contributed by atoms with E-state index in [1.807, 2.05) is 6.92 Å². The maximum absolute atomic E-state index is 10.5. The van der Waals surface area contributed by atoms with Crippen LogP contribution in [0, 0.1) is 30.6 Å². The Morgan fingerprint density at radius 1 is 0.935 bits per heavy atom. The van der Waals surface area contributed by atoms with Crippen molar-refractivity contribution >= 4 is 10.1 Å². The molecule has 0 amide bonds. The molecule has 31 heavy (non-hydrogen) atoms. The molecule has 1 heterocycles. The average molecular weight is 452 g/mol. The third-order valence-corrected chi connectivity index (χ3v) is 8.92. The summed E-state index contributed by atoms with van der Waals surface area (Å²) in [6.07, 6.45) is 10.3. The highest BCUT2D eigenvalue weighted by atomic mass is 32.2. The van der Waals surface area contributed by atoms with Crippen molar-refractivity contribution in [2.45, 2.75) is 87.2 Å². The Kier molecular flexibility index (Phi) is 5.47. The molecule has 1 saturated heterocycles. The number of nitrogens with two attached hydrogens (primary N) is 1. The molecule has 3 N–H and O–H groups in total. The lowest BCUT2D eigenvalue weighted by molar-refractivity contribution is -0.390. The lowest BCUT2D eigenvalue weighted by Gasteiger charge is -2.57. The molecule has 5 saturated carbocycles. The van der Waals surface area contributed by atoms with E-state index in [0.717, 1.165) is 43.1 Å². The van der Waals surface area contributed by atoms with E-state index in [-0.39, 0.29) is 4.90 Å². The Hall–Kier alpha value is -1.03. The molecule has 7 rings (SSSR count). The molecular weight excluding hydrogens is 418 g/mol. The van der Waals surface area contributed by atoms with Gasteiger partial charge in [0.1, 0.15) is 0 Å². The Morgan fingerprint density at radius 2 is 1.48 bits per heavy atom. The monoisotopic (exact) mass is 451 g/mol. The molecule has 0 atom stereocenters. The SMILES string of the molecule is Cc1ccc(S(=O)(=O)O)cc1.NC1CCC2(CC1)OOC1(O2)C2CC3CC(C2)CC1C3. The largest absolute Gasteiger partial charge is 0.328 e. The van der Waals surface area contributed by atoms with Crippen LogP contribution in [0.5, 0.6) is 0 Å². The average Bonchev–Trinajstić information content (AvgIpc) is 3.09. The zero-order chi connectivity index (χ0) is 21.9. The van der Waals surface area contributed by atoms with Crippen LogP contribution in [0.15, 0.2) is 29.2 Å². The third-order valence-electron chi connectivity index (χ3n) is 8.06. The molecule has 6 fully saturated rings. The fourth-order valence-electron chi connectivity index (χ4n) is 6.59. The van der Waals surface area contributed by atoms with Crippen LogP contribution < -0.4 is 5.73 Å². The minimum atomic E-state index is -4.02. The highest BCUT2D eigenvalue weighted by Crippen LogP contribution is 2.63. The van der Waals surface area contributed by atoms with Gasteiger partial charge >= 0.3 is 0 Å². The maximum atomic E-state index is 10.5. The van der Waals surface area contributed by atoms with E-state index in [2.05, 4.69) is 0 Å². The molecule has 0 unspecified atom stereocenters. The number of rotatable bonds is 1. The summed E-state index contributed by atoms with van der Waals surface area (Å²) in [5.41, 5.74) is 6.98. The van der Waals surface area contributed by atoms with Gasteiger partial charge in [0.2, 0.25) is 11.6 Å². The zero-order valence-electron chi connectivity index (χ0n) is 18.0. The van der Waals surface area contributed by atoms with Crippen LogP contribution in [-0.2, 0) is 24.6 Å². The summed E-state index contributed by atoms with van der Waals surface area (Å²) in [7, 11) is -4.02. The van der Waals surface area contributed by atoms with Gasteiger partial charge < -0.3 is 10.5 Å². The van der Waals surface area contributed by atoms with Crippen LogP contribution in [0.1, 0.15) is 63.4 Å². The second-order valence-corrected chi connectivity index (χ2v) is 11.8. The van der Waals surface area contributed by atoms with Crippen molar-refractivity contribution in [3.63, 3.8) is 0 Å². The van der Waals surface area contributed by atoms with Crippen molar-refractivity contribution < 1.29 is 27.5 Å². The fourth-order valence-corrected chi connectivity index (χ4v) is 7.07. The molecule has 172 valence electrons. The van der Waals surface area contributed by atoms with Gasteiger partial charge in [-0.25, -0.2) is 0 Å². The molecule has 1 aromatic rings. The fraction of sp³-hybridized carbons (Fsp3) is 0.739. The Morgan fingerprint density at radius 3 is 2.00 bits per heavy atom. The minimum Gasteiger partial charge on any atom is -0.328 e. The van der Waals surface area contributed by atoms with Crippen molar-refractivity contribution in [3.8, 4) is 0 Å². The minimum absolute atomic E-state index is 0.0666. The first-order valence-corrected chi connectivity index (χ1v) is 13.0. The zero-order valence-corrected chi connectivity index (χ0v) is 18.9. The van der Waals surface area contributed by atoms with E-state index >= 15 is 0 Å². The first-order chi connectivity index (χ1) is 14.7. The van der Waals surface area contributed by atoms with Gasteiger partial charge in [0.15, 0.2) is 0 Å². The molecule has 1 aliphatic heterocycles. The summed E-state index contributed by atoms with van der Waals surface area (Å²) in [6, 6.07) is 6.30. The van der Waals surface area contributed by atoms with Crippen molar-refractivity contribution in [1.82, 2.24) is 0 Å². The van der Waals surface area contributed by atoms with Crippen molar-refractivity contribution in [3.05, 3.63) is 29.8 Å². The third kappa shape index (κ3) is 4.07. The van der Waals surface area contributed by atoms with E-state index in [4.69, 9.17) is 24.8 Å². The van der Waals surface area contributed by atoms with Crippen molar-refractivity contribution in [2.24, 2.45) is 29.4 Å². The second-order valence-electron chi connectivity index (χ2n) is 10.3. The summed E-state index contributed by atoms with van der Waals surface area (Å²) in [5, 5.41) is 0. The molecule has 2 spiro atoms. The maximum Gasteiger partial charge on any atom is 0.294 e. The number of hydrogen-bond acceptors (Lipinski definition) is 6. The van der Waals surface area contributed by atoms with Crippen LogP contribution in [0.2, 0.25) is 0 Å². The van der Waals surface area contributed by atoms with Crippen LogP contribution in [0.4, 0.5) is 0 Å². The van der Waals surface area contributed by atoms with E-state index in [0.29, 0.717) is 17.9 Å². The number of ether oxygens (including phenoxy) is 1. The molecule has 5 aliphatic carbocycles. The van der Waals surface area contributed by atoms with Crippen LogP contribution >= 0.6 is 0 Å². The quantitative estimate of drug-likeness (QED) is 0.491. The first-order valence-electron chi connectivity index (χ1n) is 11.5. The molecule has 4 bridgehead atoms. The molecule has 1 aromatic carbocycles. The first kappa shape index (κ1) is 21.8. The lowest BCUT2D eigenvalue weighted by Crippen LogP contribution is -2.59. The highest BCUT2D eigenvalue weighted by Gasteiger charge is 2.66. The Bertz CT molecular complexity index is 878. The molecular formula is C23H33NO6S. The number of hydrogen-bond donors (Lipinski definition) is 2. The smallest absolute Gasteiger partial charge is 0.294 e. The van der Waals surface area contributed by atoms with Gasteiger partial charge in [0.25, 0.3) is 10.1 Å². The molecule has 6 aliphatic rings. The summed E-state index contributed by atoms with van der Waals surface area (Å²) in [5.74, 6) is 2.08. The Balaban J connectivity index is 0.000000159. The second kappa shape index (κ2) is 7.78.